The van der Waals surface area contributed by atoms with Crippen molar-refractivity contribution in [2.24, 2.45) is 0 Å². The molecule has 1 aromatic heterocycles. The van der Waals surface area contributed by atoms with Crippen LogP contribution in [-0.2, 0) is 16.1 Å². The molecule has 0 aliphatic heterocycles. The van der Waals surface area contributed by atoms with Crippen molar-refractivity contribution < 1.29 is 9.53 Å². The Morgan fingerprint density at radius 3 is 2.57 bits per heavy atom. The van der Waals surface area contributed by atoms with Gasteiger partial charge in [-0.25, -0.2) is 0 Å². The van der Waals surface area contributed by atoms with E-state index >= 15 is 0 Å². The van der Waals surface area contributed by atoms with Crippen molar-refractivity contribution in [2.45, 2.75) is 36.8 Å². The number of carbonyl (C=O) groups excluding carboxylic acids is 1. The van der Waals surface area contributed by atoms with Gasteiger partial charge in [-0.2, -0.15) is 5.26 Å². The topological polar surface area (TPSA) is 50.1 Å². The smallest absolute Gasteiger partial charge is 0.302 e. The Bertz CT molecular complexity index is 745. The number of hydrogen-bond donors (Lipinski definition) is 0. The highest BCUT2D eigenvalue weighted by Gasteiger charge is 2.21. The van der Waals surface area contributed by atoms with Gasteiger partial charge in [-0.15, -0.1) is 23.1 Å². The van der Waals surface area contributed by atoms with Crippen LogP contribution in [0.3, 0.4) is 0 Å². The number of hydrogen-bond acceptors (Lipinski definition) is 5. The van der Waals surface area contributed by atoms with E-state index in [1.54, 1.807) is 23.9 Å². The summed E-state index contributed by atoms with van der Waals surface area (Å²) in [5.41, 5.74) is 2.37. The van der Waals surface area contributed by atoms with Gasteiger partial charge in [0, 0.05) is 22.8 Å². The molecule has 0 saturated heterocycles. The number of benzene rings is 1. The van der Waals surface area contributed by atoms with Crippen LogP contribution in [0.5, 0.6) is 0 Å². The summed E-state index contributed by atoms with van der Waals surface area (Å²) in [5, 5.41) is 10.6. The maximum Gasteiger partial charge on any atom is 0.302 e. The van der Waals surface area contributed by atoms with Gasteiger partial charge in [0.2, 0.25) is 0 Å². The van der Waals surface area contributed by atoms with Crippen molar-refractivity contribution in [3.05, 3.63) is 39.7 Å². The number of halogens is 1. The molecule has 0 unspecified atom stereocenters. The molecule has 0 amide bonds. The lowest BCUT2D eigenvalue weighted by molar-refractivity contribution is -0.142. The molecule has 0 aliphatic rings. The molecule has 3 nitrogen and oxygen atoms in total. The second kappa shape index (κ2) is 7.87. The first-order chi connectivity index (χ1) is 10.9. The van der Waals surface area contributed by atoms with Crippen LogP contribution < -0.4 is 0 Å². The largest absolute Gasteiger partial charge is 0.460 e. The molecule has 120 valence electrons. The standard InChI is InChI=1S/C17H16ClNO2S2/c1-10(2)22-17-14(8-19)16(12-4-6-13(18)7-5-12)15(23-17)9-21-11(3)20/h4-7,10H,9H2,1-3H3. The summed E-state index contributed by atoms with van der Waals surface area (Å²) in [6.45, 7) is 5.72. The number of nitrogens with zero attached hydrogens (tertiary/aromatic N) is 1. The normalized spacial score (nSPS) is 10.6. The maximum atomic E-state index is 11.1. The van der Waals surface area contributed by atoms with Gasteiger partial charge in [0.05, 0.1) is 14.6 Å². The maximum absolute atomic E-state index is 11.1. The third kappa shape index (κ3) is 4.51. The molecular weight excluding hydrogens is 350 g/mol. The summed E-state index contributed by atoms with van der Waals surface area (Å²) in [5.74, 6) is -0.336. The summed E-state index contributed by atoms with van der Waals surface area (Å²) in [6.07, 6.45) is 0. The van der Waals surface area contributed by atoms with Crippen molar-refractivity contribution in [2.75, 3.05) is 0 Å². The van der Waals surface area contributed by atoms with Gasteiger partial charge in [0.1, 0.15) is 12.7 Å². The predicted octanol–water partition coefficient (Wildman–Crippen LogP) is 5.50. The third-order valence-electron chi connectivity index (χ3n) is 2.94. The third-order valence-corrected chi connectivity index (χ3v) is 5.58. The molecule has 0 N–H and O–H groups in total. The van der Waals surface area contributed by atoms with Gasteiger partial charge in [-0.05, 0) is 17.7 Å². The van der Waals surface area contributed by atoms with E-state index in [2.05, 4.69) is 19.9 Å². The fraction of sp³-hybridized carbons (Fsp3) is 0.294. The number of carbonyl (C=O) groups is 1. The van der Waals surface area contributed by atoms with E-state index in [4.69, 9.17) is 16.3 Å². The average molecular weight is 366 g/mol. The fourth-order valence-electron chi connectivity index (χ4n) is 2.04. The van der Waals surface area contributed by atoms with E-state index in [0.717, 1.165) is 20.2 Å². The van der Waals surface area contributed by atoms with Crippen LogP contribution in [0.15, 0.2) is 28.5 Å². The van der Waals surface area contributed by atoms with Crippen molar-refractivity contribution >= 4 is 40.7 Å². The fourth-order valence-corrected chi connectivity index (χ4v) is 4.85. The van der Waals surface area contributed by atoms with Gasteiger partial charge in [-0.1, -0.05) is 37.6 Å². The van der Waals surface area contributed by atoms with Gasteiger partial charge in [0.25, 0.3) is 0 Å². The number of thioether (sulfide) groups is 1. The molecule has 0 saturated carbocycles. The molecule has 1 heterocycles. The summed E-state index contributed by atoms with van der Waals surface area (Å²) in [6, 6.07) is 9.65. The average Bonchev–Trinajstić information content (AvgIpc) is 2.82. The lowest BCUT2D eigenvalue weighted by Gasteiger charge is -2.06. The number of rotatable bonds is 5. The minimum atomic E-state index is -0.336. The minimum Gasteiger partial charge on any atom is -0.460 e. The van der Waals surface area contributed by atoms with Crippen LogP contribution in [0.4, 0.5) is 0 Å². The van der Waals surface area contributed by atoms with E-state index < -0.39 is 0 Å². The van der Waals surface area contributed by atoms with Crippen LogP contribution in [0.2, 0.25) is 5.02 Å². The van der Waals surface area contributed by atoms with Crippen molar-refractivity contribution in [3.8, 4) is 17.2 Å². The van der Waals surface area contributed by atoms with Crippen molar-refractivity contribution in [3.63, 3.8) is 0 Å². The SMILES string of the molecule is CC(=O)OCc1sc(SC(C)C)c(C#N)c1-c1ccc(Cl)cc1. The van der Waals surface area contributed by atoms with Crippen LogP contribution in [0.1, 0.15) is 31.2 Å². The number of thiophene rings is 1. The molecule has 0 fully saturated rings. The highest BCUT2D eigenvalue weighted by Crippen LogP contribution is 2.43. The zero-order chi connectivity index (χ0) is 17.0. The minimum absolute atomic E-state index is 0.172. The highest BCUT2D eigenvalue weighted by atomic mass is 35.5. The van der Waals surface area contributed by atoms with Crippen molar-refractivity contribution in [1.82, 2.24) is 0 Å². The molecule has 0 bridgehead atoms. The van der Waals surface area contributed by atoms with Crippen LogP contribution in [-0.4, -0.2) is 11.2 Å². The zero-order valence-electron chi connectivity index (χ0n) is 13.1. The first-order valence-corrected chi connectivity index (χ1v) is 9.11. The molecule has 1 aromatic carbocycles. The lowest BCUT2D eigenvalue weighted by Crippen LogP contribution is -1.98. The Balaban J connectivity index is 2.55. The van der Waals surface area contributed by atoms with Gasteiger partial charge < -0.3 is 4.74 Å². The number of esters is 1. The Hall–Kier alpha value is -1.48. The van der Waals surface area contributed by atoms with Crippen LogP contribution in [0.25, 0.3) is 11.1 Å². The first-order valence-electron chi connectivity index (χ1n) is 7.04. The van der Waals surface area contributed by atoms with E-state index in [9.17, 15) is 10.1 Å². The summed E-state index contributed by atoms with van der Waals surface area (Å²) < 4.78 is 6.11. The van der Waals surface area contributed by atoms with E-state index in [1.165, 1.54) is 18.3 Å². The quantitative estimate of drug-likeness (QED) is 0.518. The molecule has 6 heteroatoms. The summed E-state index contributed by atoms with van der Waals surface area (Å²) in [7, 11) is 0. The van der Waals surface area contributed by atoms with Gasteiger partial charge in [-0.3, -0.25) is 4.79 Å². The second-order valence-corrected chi connectivity index (χ2v) is 8.52. The zero-order valence-corrected chi connectivity index (χ0v) is 15.4. The Kier molecular flexibility index (Phi) is 6.11. The van der Waals surface area contributed by atoms with E-state index in [-0.39, 0.29) is 12.6 Å². The van der Waals surface area contributed by atoms with Gasteiger partial charge in [0.15, 0.2) is 0 Å². The molecule has 0 aliphatic carbocycles. The second-order valence-electron chi connectivity index (χ2n) is 5.13. The first kappa shape index (κ1) is 17.9. The van der Waals surface area contributed by atoms with Gasteiger partial charge >= 0.3 is 5.97 Å². The predicted molar refractivity (Wildman–Crippen MR) is 95.9 cm³/mol. The number of ether oxygens (including phenoxy) is 1. The van der Waals surface area contributed by atoms with E-state index in [1.807, 2.05) is 12.1 Å². The van der Waals surface area contributed by atoms with Crippen LogP contribution >= 0.6 is 34.7 Å². The molecule has 23 heavy (non-hydrogen) atoms. The molecule has 0 atom stereocenters. The monoisotopic (exact) mass is 365 g/mol. The summed E-state index contributed by atoms with van der Waals surface area (Å²) in [4.78, 5) is 12.0. The molecule has 0 radical (unpaired) electrons. The highest BCUT2D eigenvalue weighted by molar-refractivity contribution is 8.01. The Morgan fingerprint density at radius 1 is 1.39 bits per heavy atom. The molecule has 2 rings (SSSR count). The molecule has 0 spiro atoms. The molecule has 2 aromatic rings. The number of nitriles is 1. The van der Waals surface area contributed by atoms with Crippen LogP contribution in [0, 0.1) is 11.3 Å². The Labute approximate surface area is 149 Å². The lowest BCUT2D eigenvalue weighted by atomic mass is 10.0. The summed E-state index contributed by atoms with van der Waals surface area (Å²) >= 11 is 9.11. The van der Waals surface area contributed by atoms with E-state index in [0.29, 0.717) is 15.8 Å². The Morgan fingerprint density at radius 2 is 2.04 bits per heavy atom. The van der Waals surface area contributed by atoms with Crippen molar-refractivity contribution in [1.29, 1.82) is 5.26 Å². The molecular formula is C17H16ClNO2S2.